The van der Waals surface area contributed by atoms with Crippen LogP contribution in [-0.4, -0.2) is 5.71 Å². The van der Waals surface area contributed by atoms with Gasteiger partial charge in [-0.2, -0.15) is 0 Å². The van der Waals surface area contributed by atoms with Gasteiger partial charge in [0.15, 0.2) is 6.10 Å². The highest BCUT2D eigenvalue weighted by Gasteiger charge is 2.37. The van der Waals surface area contributed by atoms with Crippen LogP contribution in [-0.2, 0) is 4.84 Å². The second-order valence-corrected chi connectivity index (χ2v) is 5.67. The van der Waals surface area contributed by atoms with E-state index in [-0.39, 0.29) is 12.0 Å². The number of rotatable bonds is 3. The average Bonchev–Trinajstić information content (AvgIpc) is 3.09. The summed E-state index contributed by atoms with van der Waals surface area (Å²) in [6.45, 7) is 0. The molecule has 0 saturated carbocycles. The molecule has 4 rings (SSSR count). The van der Waals surface area contributed by atoms with E-state index in [1.807, 2.05) is 42.5 Å². The number of oxime groups is 1. The van der Waals surface area contributed by atoms with E-state index in [0.717, 1.165) is 16.8 Å². The third kappa shape index (κ3) is 2.64. The molecule has 112 valence electrons. The molecule has 0 amide bonds. The summed E-state index contributed by atoms with van der Waals surface area (Å²) in [7, 11) is 0. The monoisotopic (exact) mass is 299 g/mol. The lowest BCUT2D eigenvalue weighted by molar-refractivity contribution is 0.0763. The molecule has 1 aliphatic rings. The van der Waals surface area contributed by atoms with Crippen molar-refractivity contribution in [2.75, 3.05) is 0 Å². The first-order valence-corrected chi connectivity index (χ1v) is 7.82. The van der Waals surface area contributed by atoms with Crippen LogP contribution >= 0.6 is 0 Å². The predicted molar refractivity (Wildman–Crippen MR) is 92.4 cm³/mol. The summed E-state index contributed by atoms with van der Waals surface area (Å²) >= 11 is 0. The quantitative estimate of drug-likeness (QED) is 0.671. The Morgan fingerprint density at radius 1 is 0.609 bits per heavy atom. The van der Waals surface area contributed by atoms with Crippen LogP contribution in [0.1, 0.15) is 28.7 Å². The van der Waals surface area contributed by atoms with E-state index in [1.165, 1.54) is 5.56 Å². The van der Waals surface area contributed by atoms with Gasteiger partial charge in [-0.25, -0.2) is 0 Å². The van der Waals surface area contributed by atoms with Crippen LogP contribution < -0.4 is 0 Å². The standard InChI is InChI=1S/C21H17NO/c1-4-10-16(11-5-1)19-20(17-12-6-2-7-13-17)22-23-21(19)18-14-8-3-9-15-18/h1-15,19,21H/t19-,21+/m0/s1. The Labute approximate surface area is 136 Å². The Bertz CT molecular complexity index is 797. The van der Waals surface area contributed by atoms with Crippen molar-refractivity contribution in [1.82, 2.24) is 0 Å². The van der Waals surface area contributed by atoms with Crippen LogP contribution in [0.15, 0.2) is 96.2 Å². The first-order valence-electron chi connectivity index (χ1n) is 7.82. The zero-order chi connectivity index (χ0) is 15.5. The predicted octanol–water partition coefficient (Wildman–Crippen LogP) is 4.95. The summed E-state index contributed by atoms with van der Waals surface area (Å²) in [5.74, 6) is 0.0981. The smallest absolute Gasteiger partial charge is 0.165 e. The van der Waals surface area contributed by atoms with E-state index in [2.05, 4.69) is 53.7 Å². The van der Waals surface area contributed by atoms with Gasteiger partial charge >= 0.3 is 0 Å². The first kappa shape index (κ1) is 13.8. The van der Waals surface area contributed by atoms with E-state index in [4.69, 9.17) is 4.84 Å². The van der Waals surface area contributed by atoms with Crippen LogP contribution in [0.5, 0.6) is 0 Å². The second kappa shape index (κ2) is 6.09. The zero-order valence-electron chi connectivity index (χ0n) is 12.7. The van der Waals surface area contributed by atoms with Crippen LogP contribution in [0.3, 0.4) is 0 Å². The molecule has 2 nitrogen and oxygen atoms in total. The molecule has 0 radical (unpaired) electrons. The molecule has 0 N–H and O–H groups in total. The van der Waals surface area contributed by atoms with Gasteiger partial charge in [0.05, 0.1) is 11.6 Å². The third-order valence-corrected chi connectivity index (χ3v) is 4.22. The minimum atomic E-state index is -0.0891. The molecule has 0 fully saturated rings. The molecule has 23 heavy (non-hydrogen) atoms. The highest BCUT2D eigenvalue weighted by Crippen LogP contribution is 2.41. The van der Waals surface area contributed by atoms with Crippen LogP contribution in [0.2, 0.25) is 0 Å². The molecule has 0 bridgehead atoms. The molecule has 0 unspecified atom stereocenters. The highest BCUT2D eigenvalue weighted by molar-refractivity contribution is 6.06. The van der Waals surface area contributed by atoms with Gasteiger partial charge in [0.25, 0.3) is 0 Å². The lowest BCUT2D eigenvalue weighted by atomic mass is 9.83. The van der Waals surface area contributed by atoms with Crippen molar-refractivity contribution in [3.8, 4) is 0 Å². The maximum atomic E-state index is 5.86. The number of benzene rings is 3. The van der Waals surface area contributed by atoms with Gasteiger partial charge in [0.1, 0.15) is 0 Å². The summed E-state index contributed by atoms with van der Waals surface area (Å²) in [6.07, 6.45) is -0.0891. The van der Waals surface area contributed by atoms with E-state index >= 15 is 0 Å². The van der Waals surface area contributed by atoms with E-state index < -0.39 is 0 Å². The van der Waals surface area contributed by atoms with Crippen molar-refractivity contribution >= 4 is 5.71 Å². The Kier molecular flexibility index (Phi) is 3.65. The number of hydrogen-bond donors (Lipinski definition) is 0. The third-order valence-electron chi connectivity index (χ3n) is 4.22. The largest absolute Gasteiger partial charge is 0.386 e. The molecule has 3 aromatic carbocycles. The fraction of sp³-hybridized carbons (Fsp3) is 0.0952. The van der Waals surface area contributed by atoms with Gasteiger partial charge in [-0.3, -0.25) is 0 Å². The van der Waals surface area contributed by atoms with Gasteiger partial charge in [-0.1, -0.05) is 96.2 Å². The molecule has 2 heteroatoms. The Balaban J connectivity index is 1.79. The Morgan fingerprint density at radius 3 is 1.74 bits per heavy atom. The second-order valence-electron chi connectivity index (χ2n) is 5.67. The molecule has 1 heterocycles. The Morgan fingerprint density at radius 2 is 1.13 bits per heavy atom. The highest BCUT2D eigenvalue weighted by atomic mass is 16.6. The van der Waals surface area contributed by atoms with Crippen molar-refractivity contribution < 1.29 is 4.84 Å². The lowest BCUT2D eigenvalue weighted by Gasteiger charge is -2.20. The summed E-state index contributed by atoms with van der Waals surface area (Å²) in [5.41, 5.74) is 4.47. The van der Waals surface area contributed by atoms with Crippen LogP contribution in [0.25, 0.3) is 0 Å². The van der Waals surface area contributed by atoms with Crippen LogP contribution in [0, 0.1) is 0 Å². The summed E-state index contributed by atoms with van der Waals surface area (Å²) < 4.78 is 0. The van der Waals surface area contributed by atoms with E-state index in [9.17, 15) is 0 Å². The maximum Gasteiger partial charge on any atom is 0.165 e. The molecule has 0 aliphatic carbocycles. The van der Waals surface area contributed by atoms with Crippen LogP contribution in [0.4, 0.5) is 0 Å². The summed E-state index contributed by atoms with van der Waals surface area (Å²) in [6, 6.07) is 31.1. The van der Waals surface area contributed by atoms with Gasteiger partial charge < -0.3 is 4.84 Å². The average molecular weight is 299 g/mol. The van der Waals surface area contributed by atoms with E-state index in [0.29, 0.717) is 0 Å². The molecule has 0 aromatic heterocycles. The minimum absolute atomic E-state index is 0.0891. The molecule has 0 saturated heterocycles. The summed E-state index contributed by atoms with van der Waals surface area (Å²) in [5, 5.41) is 4.44. The SMILES string of the molecule is c1ccc(C2=NO[C@H](c3ccccc3)[C@H]2c2ccccc2)cc1. The molecular weight excluding hydrogens is 282 g/mol. The molecule has 1 aliphatic heterocycles. The fourth-order valence-corrected chi connectivity index (χ4v) is 3.10. The van der Waals surface area contributed by atoms with Gasteiger partial charge in [-0.05, 0) is 11.1 Å². The molecule has 3 aromatic rings. The number of hydrogen-bond acceptors (Lipinski definition) is 2. The van der Waals surface area contributed by atoms with E-state index in [1.54, 1.807) is 0 Å². The molecular formula is C21H17NO. The van der Waals surface area contributed by atoms with Gasteiger partial charge in [-0.15, -0.1) is 0 Å². The normalized spacial score (nSPS) is 19.9. The van der Waals surface area contributed by atoms with Crippen molar-refractivity contribution in [2.24, 2.45) is 5.16 Å². The molecule has 2 atom stereocenters. The topological polar surface area (TPSA) is 21.6 Å². The Hall–Kier alpha value is -2.87. The minimum Gasteiger partial charge on any atom is -0.386 e. The lowest BCUT2D eigenvalue weighted by Crippen LogP contribution is -2.16. The summed E-state index contributed by atoms with van der Waals surface area (Å²) in [4.78, 5) is 5.86. The van der Waals surface area contributed by atoms with Gasteiger partial charge in [0, 0.05) is 5.56 Å². The van der Waals surface area contributed by atoms with Crippen molar-refractivity contribution in [1.29, 1.82) is 0 Å². The van der Waals surface area contributed by atoms with Crippen molar-refractivity contribution in [3.05, 3.63) is 108 Å². The molecule has 0 spiro atoms. The zero-order valence-corrected chi connectivity index (χ0v) is 12.7. The van der Waals surface area contributed by atoms with Gasteiger partial charge in [0.2, 0.25) is 0 Å². The first-order chi connectivity index (χ1) is 11.4. The fourth-order valence-electron chi connectivity index (χ4n) is 3.10. The maximum absolute atomic E-state index is 5.86. The van der Waals surface area contributed by atoms with Crippen molar-refractivity contribution in [3.63, 3.8) is 0 Å². The number of nitrogens with zero attached hydrogens (tertiary/aromatic N) is 1. The van der Waals surface area contributed by atoms with Crippen molar-refractivity contribution in [2.45, 2.75) is 12.0 Å².